The second-order valence-electron chi connectivity index (χ2n) is 8.93. The number of nitrogens with one attached hydrogen (secondary N) is 2. The van der Waals surface area contributed by atoms with E-state index < -0.39 is 27.8 Å². The Morgan fingerprint density at radius 2 is 1.97 bits per heavy atom. The van der Waals surface area contributed by atoms with Gasteiger partial charge < -0.3 is 15.5 Å². The molecule has 2 aromatic heterocycles. The Labute approximate surface area is 217 Å². The summed E-state index contributed by atoms with van der Waals surface area (Å²) in [5, 5.41) is 4.26. The van der Waals surface area contributed by atoms with Crippen molar-refractivity contribution in [1.82, 2.24) is 19.5 Å². The second-order valence-corrected chi connectivity index (χ2v) is 10.7. The molecule has 0 aliphatic heterocycles. The van der Waals surface area contributed by atoms with Gasteiger partial charge in [-0.25, -0.2) is 21.9 Å². The van der Waals surface area contributed by atoms with Crippen molar-refractivity contribution in [2.75, 3.05) is 12.0 Å². The molecular weight excluding hydrogens is 516 g/mol. The van der Waals surface area contributed by atoms with E-state index in [1.165, 1.54) is 35.2 Å². The monoisotopic (exact) mass is 539 g/mol. The molecule has 0 saturated heterocycles. The summed E-state index contributed by atoms with van der Waals surface area (Å²) in [6.07, 6.45) is 1.95. The highest BCUT2D eigenvalue weighted by molar-refractivity contribution is 7.88. The number of carbonyl (C=O) groups is 1. The maximum atomic E-state index is 14.5. The van der Waals surface area contributed by atoms with Crippen LogP contribution >= 0.6 is 0 Å². The van der Waals surface area contributed by atoms with Gasteiger partial charge in [-0.2, -0.15) is 5.10 Å². The SMILES string of the molecule is Cc1cc(-n2ncc(C(=O)c3cc4c([nH]3)C=C(NS(C)(=O)=O)C(F)C4)c2N)ccc1Oc1ccccc1F. The van der Waals surface area contributed by atoms with Crippen molar-refractivity contribution in [1.29, 1.82) is 0 Å². The molecule has 0 saturated carbocycles. The Kier molecular flexibility index (Phi) is 6.27. The number of alkyl halides is 1. The Morgan fingerprint density at radius 3 is 2.68 bits per heavy atom. The van der Waals surface area contributed by atoms with Gasteiger partial charge in [-0.05, 0) is 60.5 Å². The number of halogens is 2. The van der Waals surface area contributed by atoms with Gasteiger partial charge in [-0.15, -0.1) is 0 Å². The molecule has 2 aromatic carbocycles. The van der Waals surface area contributed by atoms with Crippen molar-refractivity contribution in [2.24, 2.45) is 0 Å². The highest BCUT2D eigenvalue weighted by Gasteiger charge is 2.27. The van der Waals surface area contributed by atoms with Crippen molar-refractivity contribution in [3.63, 3.8) is 0 Å². The van der Waals surface area contributed by atoms with Gasteiger partial charge in [0.1, 0.15) is 17.7 Å². The fourth-order valence-electron chi connectivity index (χ4n) is 4.20. The van der Waals surface area contributed by atoms with Gasteiger partial charge in [-0.1, -0.05) is 12.1 Å². The molecule has 1 atom stereocenters. The van der Waals surface area contributed by atoms with E-state index in [4.69, 9.17) is 10.5 Å². The third kappa shape index (κ3) is 4.90. The number of ether oxygens (including phenoxy) is 1. The molecule has 0 bridgehead atoms. The fraction of sp³-hybridized carbons (Fsp3) is 0.154. The van der Waals surface area contributed by atoms with Crippen LogP contribution in [-0.2, 0) is 16.4 Å². The zero-order valence-electron chi connectivity index (χ0n) is 20.3. The van der Waals surface area contributed by atoms with Crippen LogP contribution in [0.3, 0.4) is 0 Å². The maximum absolute atomic E-state index is 14.5. The predicted molar refractivity (Wildman–Crippen MR) is 138 cm³/mol. The van der Waals surface area contributed by atoms with Crippen molar-refractivity contribution in [2.45, 2.75) is 19.5 Å². The molecule has 1 unspecified atom stereocenters. The molecule has 0 fully saturated rings. The van der Waals surface area contributed by atoms with E-state index in [-0.39, 0.29) is 34.9 Å². The molecule has 5 rings (SSSR count). The number of carbonyl (C=O) groups excluding carboxylic acids is 1. The van der Waals surface area contributed by atoms with Crippen molar-refractivity contribution >= 4 is 27.7 Å². The number of rotatable bonds is 7. The van der Waals surface area contributed by atoms with Crippen LogP contribution in [-0.4, -0.2) is 41.4 Å². The van der Waals surface area contributed by atoms with Gasteiger partial charge >= 0.3 is 0 Å². The van der Waals surface area contributed by atoms with Crippen molar-refractivity contribution in [3.8, 4) is 17.2 Å². The molecule has 0 spiro atoms. The number of hydrogen-bond donors (Lipinski definition) is 3. The summed E-state index contributed by atoms with van der Waals surface area (Å²) in [6, 6.07) is 12.7. The number of hydrogen-bond acceptors (Lipinski definition) is 6. The molecule has 4 N–H and O–H groups in total. The first-order valence-corrected chi connectivity index (χ1v) is 13.4. The molecule has 12 heteroatoms. The third-order valence-electron chi connectivity index (χ3n) is 6.03. The Morgan fingerprint density at radius 1 is 1.21 bits per heavy atom. The predicted octanol–water partition coefficient (Wildman–Crippen LogP) is 4.04. The minimum Gasteiger partial charge on any atom is -0.454 e. The van der Waals surface area contributed by atoms with Gasteiger partial charge in [0.05, 0.1) is 35.1 Å². The van der Waals surface area contributed by atoms with Crippen LogP contribution in [0.15, 0.2) is 60.4 Å². The Balaban J connectivity index is 1.40. The lowest BCUT2D eigenvalue weighted by atomic mass is 10.00. The number of fused-ring (bicyclic) bond motifs is 1. The molecule has 9 nitrogen and oxygen atoms in total. The first kappa shape index (κ1) is 25.2. The highest BCUT2D eigenvalue weighted by Crippen LogP contribution is 2.31. The molecule has 1 aliphatic rings. The molecule has 4 aromatic rings. The van der Waals surface area contributed by atoms with Gasteiger partial charge in [0.2, 0.25) is 15.8 Å². The molecule has 0 radical (unpaired) electrons. The van der Waals surface area contributed by atoms with Crippen LogP contribution in [0.4, 0.5) is 14.6 Å². The van der Waals surface area contributed by atoms with E-state index in [1.54, 1.807) is 37.3 Å². The lowest BCUT2D eigenvalue weighted by Crippen LogP contribution is -2.29. The number of ketones is 1. The number of aryl methyl sites for hydroxylation is 1. The molecular formula is C26H23F2N5O4S. The number of allylic oxidation sites excluding steroid dienone is 1. The number of benzene rings is 2. The topological polar surface area (TPSA) is 132 Å². The zero-order valence-corrected chi connectivity index (χ0v) is 21.1. The first-order chi connectivity index (χ1) is 18.0. The summed E-state index contributed by atoms with van der Waals surface area (Å²) in [6.45, 7) is 1.79. The largest absolute Gasteiger partial charge is 0.454 e. The number of aromatic amines is 1. The number of para-hydroxylation sites is 1. The van der Waals surface area contributed by atoms with Crippen LogP contribution < -0.4 is 15.2 Å². The lowest BCUT2D eigenvalue weighted by molar-refractivity contribution is 0.103. The van der Waals surface area contributed by atoms with Crippen LogP contribution in [0.25, 0.3) is 11.8 Å². The van der Waals surface area contributed by atoms with E-state index in [9.17, 15) is 22.0 Å². The van der Waals surface area contributed by atoms with Gasteiger partial charge in [0, 0.05) is 12.1 Å². The van der Waals surface area contributed by atoms with Gasteiger partial charge in [0.25, 0.3) is 0 Å². The van der Waals surface area contributed by atoms with Crippen LogP contribution in [0, 0.1) is 12.7 Å². The molecule has 196 valence electrons. The van der Waals surface area contributed by atoms with Crippen molar-refractivity contribution < 1.29 is 26.7 Å². The fourth-order valence-corrected chi connectivity index (χ4v) is 4.81. The number of H-pyrrole nitrogens is 1. The summed E-state index contributed by atoms with van der Waals surface area (Å²) in [5.74, 6) is -0.316. The van der Waals surface area contributed by atoms with E-state index >= 15 is 0 Å². The minimum absolute atomic E-state index is 0.0862. The van der Waals surface area contributed by atoms with E-state index in [0.29, 0.717) is 28.3 Å². The Bertz CT molecular complexity index is 1710. The molecule has 0 amide bonds. The number of anilines is 1. The van der Waals surface area contributed by atoms with E-state index in [2.05, 4.69) is 14.8 Å². The van der Waals surface area contributed by atoms with Gasteiger partial charge in [0.15, 0.2) is 11.6 Å². The quantitative estimate of drug-likeness (QED) is 0.304. The number of nitrogen functional groups attached to an aromatic ring is 1. The molecule has 38 heavy (non-hydrogen) atoms. The molecule has 2 heterocycles. The van der Waals surface area contributed by atoms with E-state index in [0.717, 1.165) is 6.26 Å². The third-order valence-corrected chi connectivity index (χ3v) is 6.64. The summed E-state index contributed by atoms with van der Waals surface area (Å²) < 4.78 is 60.7. The second kappa shape index (κ2) is 9.45. The normalized spacial score (nSPS) is 15.1. The number of aromatic nitrogens is 3. The summed E-state index contributed by atoms with van der Waals surface area (Å²) in [4.78, 5) is 16.2. The average molecular weight is 540 g/mol. The van der Waals surface area contributed by atoms with Gasteiger partial charge in [-0.3, -0.25) is 9.52 Å². The smallest absolute Gasteiger partial charge is 0.229 e. The van der Waals surface area contributed by atoms with Crippen LogP contribution in [0.5, 0.6) is 11.5 Å². The lowest BCUT2D eigenvalue weighted by Gasteiger charge is -2.18. The van der Waals surface area contributed by atoms with E-state index in [1.807, 2.05) is 0 Å². The minimum atomic E-state index is -3.66. The standard InChI is InChI=1S/C26H23F2N5O4S/c1-14-9-16(7-8-23(14)37-24-6-4-3-5-18(24)27)33-26(29)17(13-30-33)25(34)22-11-15-10-19(28)21(12-20(15)31-22)32-38(2,35)36/h3-9,11-13,19,31-32H,10,29H2,1-2H3. The number of nitrogens with zero attached hydrogens (tertiary/aromatic N) is 2. The zero-order chi connectivity index (χ0) is 27.2. The summed E-state index contributed by atoms with van der Waals surface area (Å²) in [7, 11) is -3.66. The first-order valence-electron chi connectivity index (χ1n) is 11.5. The van der Waals surface area contributed by atoms with Crippen LogP contribution in [0.1, 0.15) is 32.9 Å². The van der Waals surface area contributed by atoms with Crippen molar-refractivity contribution in [3.05, 3.63) is 94.3 Å². The number of sulfonamides is 1. The number of nitrogens with two attached hydrogens (primary N) is 1. The Hall–Kier alpha value is -4.45. The van der Waals surface area contributed by atoms with Crippen LogP contribution in [0.2, 0.25) is 0 Å². The molecule has 1 aliphatic carbocycles. The summed E-state index contributed by atoms with van der Waals surface area (Å²) in [5.41, 5.74) is 8.68. The average Bonchev–Trinajstić information content (AvgIpc) is 3.43. The maximum Gasteiger partial charge on any atom is 0.229 e. The summed E-state index contributed by atoms with van der Waals surface area (Å²) >= 11 is 0. The highest BCUT2D eigenvalue weighted by atomic mass is 32.2.